The van der Waals surface area contributed by atoms with Crippen LogP contribution < -0.4 is 15.6 Å². The van der Waals surface area contributed by atoms with Crippen LogP contribution in [0.5, 0.6) is 0 Å². The van der Waals surface area contributed by atoms with Crippen LogP contribution in [-0.2, 0) is 9.16 Å². The molecule has 3 rings (SSSR count). The minimum Gasteiger partial charge on any atom is -0.404 e. The van der Waals surface area contributed by atoms with Crippen LogP contribution >= 0.6 is 0 Å². The first-order valence-electron chi connectivity index (χ1n) is 9.97. The number of hydrogen-bond donors (Lipinski definition) is 0. The lowest BCUT2D eigenvalue weighted by Gasteiger charge is -2.36. The Morgan fingerprint density at radius 2 is 1.04 bits per heavy atom. The molecule has 0 bridgehead atoms. The fraction of sp³-hybridized carbons (Fsp3) is 0.280. The second-order valence-corrected chi connectivity index (χ2v) is 11.3. The first-order valence-corrected chi connectivity index (χ1v) is 11.9. The van der Waals surface area contributed by atoms with Crippen LogP contribution in [0.3, 0.4) is 0 Å². The van der Waals surface area contributed by atoms with Crippen LogP contribution in [0.15, 0.2) is 91.0 Å². The second-order valence-electron chi connectivity index (χ2n) is 7.87. The molecule has 3 aromatic carbocycles. The molecule has 2 nitrogen and oxygen atoms in total. The van der Waals surface area contributed by atoms with E-state index in [0.717, 1.165) is 6.61 Å². The predicted molar refractivity (Wildman–Crippen MR) is 120 cm³/mol. The summed E-state index contributed by atoms with van der Waals surface area (Å²) >= 11 is 0. The van der Waals surface area contributed by atoms with Gasteiger partial charge in [0.2, 0.25) is 0 Å². The lowest BCUT2D eigenvalue weighted by atomic mass is 9.97. The van der Waals surface area contributed by atoms with Crippen molar-refractivity contribution in [1.29, 1.82) is 0 Å². The average molecular weight is 391 g/mol. The summed E-state index contributed by atoms with van der Waals surface area (Å²) in [6.07, 6.45) is 0. The van der Waals surface area contributed by atoms with Gasteiger partial charge in [-0.05, 0) is 22.5 Å². The summed E-state index contributed by atoms with van der Waals surface area (Å²) in [5, 5.41) is 3.79. The van der Waals surface area contributed by atoms with Crippen LogP contribution in [0.25, 0.3) is 0 Å². The molecule has 0 aliphatic heterocycles. The van der Waals surface area contributed by atoms with Crippen molar-refractivity contribution in [2.24, 2.45) is 5.41 Å². The molecule has 0 N–H and O–H groups in total. The van der Waals surface area contributed by atoms with E-state index < -0.39 is 8.32 Å². The normalized spacial score (nSPS) is 12.1. The van der Waals surface area contributed by atoms with Crippen LogP contribution in [0.1, 0.15) is 20.8 Å². The Hall–Kier alpha value is -2.20. The van der Waals surface area contributed by atoms with E-state index in [1.54, 1.807) is 0 Å². The van der Waals surface area contributed by atoms with E-state index in [9.17, 15) is 0 Å². The highest BCUT2D eigenvalue weighted by molar-refractivity contribution is 7.07. The van der Waals surface area contributed by atoms with E-state index in [-0.39, 0.29) is 5.41 Å². The Morgan fingerprint density at radius 3 is 1.39 bits per heavy atom. The van der Waals surface area contributed by atoms with Crippen LogP contribution in [0.4, 0.5) is 0 Å². The summed E-state index contributed by atoms with van der Waals surface area (Å²) in [4.78, 5) is 0. The van der Waals surface area contributed by atoms with Crippen molar-refractivity contribution < 1.29 is 9.16 Å². The number of benzene rings is 3. The number of ether oxygens (including phenoxy) is 1. The van der Waals surface area contributed by atoms with Crippen molar-refractivity contribution >= 4 is 23.9 Å². The molecule has 0 aliphatic rings. The van der Waals surface area contributed by atoms with Crippen molar-refractivity contribution in [3.05, 3.63) is 91.0 Å². The van der Waals surface area contributed by atoms with Gasteiger partial charge >= 0.3 is 0 Å². The van der Waals surface area contributed by atoms with E-state index in [0.29, 0.717) is 13.2 Å². The Morgan fingerprint density at radius 1 is 0.643 bits per heavy atom. The zero-order valence-electron chi connectivity index (χ0n) is 17.1. The predicted octanol–water partition coefficient (Wildman–Crippen LogP) is 3.73. The molecule has 0 spiro atoms. The van der Waals surface area contributed by atoms with Crippen molar-refractivity contribution in [2.45, 2.75) is 20.8 Å². The Bertz CT molecular complexity index is 736. The summed E-state index contributed by atoms with van der Waals surface area (Å²) in [6.45, 7) is 8.51. The molecule has 3 aromatic rings. The van der Waals surface area contributed by atoms with Gasteiger partial charge in [0.25, 0.3) is 8.32 Å². The summed E-state index contributed by atoms with van der Waals surface area (Å²) < 4.78 is 12.7. The lowest BCUT2D eigenvalue weighted by molar-refractivity contribution is 0.0403. The molecule has 0 aromatic heterocycles. The zero-order chi connectivity index (χ0) is 19.9. The standard InChI is InChI=1S/C25H30O2Si/c1-4-26-20-25(2,3)21-27-28(22-14-8-5-9-15-22,23-16-10-6-11-17-23)24-18-12-7-13-19-24/h5-19H,4,20-21H2,1-3H3. The van der Waals surface area contributed by atoms with E-state index in [1.165, 1.54) is 15.6 Å². The summed E-state index contributed by atoms with van der Waals surface area (Å²) in [5.74, 6) is 0. The van der Waals surface area contributed by atoms with Crippen molar-refractivity contribution in [3.8, 4) is 0 Å². The highest BCUT2D eigenvalue weighted by atomic mass is 28.4. The number of rotatable bonds is 9. The molecule has 0 atom stereocenters. The third kappa shape index (κ3) is 4.61. The molecule has 0 saturated heterocycles. The molecule has 0 amide bonds. The molecule has 3 heteroatoms. The minimum atomic E-state index is -2.63. The molecule has 146 valence electrons. The highest BCUT2D eigenvalue weighted by Gasteiger charge is 2.43. The SMILES string of the molecule is CCOCC(C)(C)CO[Si](c1ccccc1)(c1ccccc1)c1ccccc1. The minimum absolute atomic E-state index is 0.0629. The molecule has 0 unspecified atom stereocenters. The van der Waals surface area contributed by atoms with Gasteiger partial charge in [0.15, 0.2) is 0 Å². The van der Waals surface area contributed by atoms with E-state index in [1.807, 2.05) is 6.92 Å². The maximum Gasteiger partial charge on any atom is 0.288 e. The smallest absolute Gasteiger partial charge is 0.288 e. The second kappa shape index (κ2) is 9.33. The van der Waals surface area contributed by atoms with Gasteiger partial charge in [0.05, 0.1) is 6.61 Å². The Balaban J connectivity index is 2.11. The van der Waals surface area contributed by atoms with Gasteiger partial charge in [-0.15, -0.1) is 0 Å². The van der Waals surface area contributed by atoms with Gasteiger partial charge in [-0.25, -0.2) is 0 Å². The summed E-state index contributed by atoms with van der Waals surface area (Å²) in [7, 11) is -2.63. The van der Waals surface area contributed by atoms with Gasteiger partial charge in [0, 0.05) is 18.6 Å². The monoisotopic (exact) mass is 390 g/mol. The first-order chi connectivity index (χ1) is 13.6. The fourth-order valence-electron chi connectivity index (χ4n) is 3.49. The molecule has 0 radical (unpaired) electrons. The van der Waals surface area contributed by atoms with Gasteiger partial charge < -0.3 is 9.16 Å². The van der Waals surface area contributed by atoms with E-state index in [4.69, 9.17) is 9.16 Å². The molecule has 0 saturated carbocycles. The van der Waals surface area contributed by atoms with Gasteiger partial charge in [0.1, 0.15) is 0 Å². The van der Waals surface area contributed by atoms with Gasteiger partial charge in [-0.2, -0.15) is 0 Å². The zero-order valence-corrected chi connectivity index (χ0v) is 18.1. The molecule has 0 aliphatic carbocycles. The summed E-state index contributed by atoms with van der Waals surface area (Å²) in [6, 6.07) is 32.1. The van der Waals surface area contributed by atoms with Gasteiger partial charge in [-0.1, -0.05) is 105 Å². The quantitative estimate of drug-likeness (QED) is 0.409. The first kappa shape index (κ1) is 20.5. The van der Waals surface area contributed by atoms with E-state index in [2.05, 4.69) is 105 Å². The molecule has 28 heavy (non-hydrogen) atoms. The van der Waals surface area contributed by atoms with Gasteiger partial charge in [-0.3, -0.25) is 0 Å². The average Bonchev–Trinajstić information content (AvgIpc) is 2.75. The Labute approximate surface area is 170 Å². The van der Waals surface area contributed by atoms with Crippen LogP contribution in [-0.4, -0.2) is 28.1 Å². The molecular formula is C25H30O2Si. The molecular weight excluding hydrogens is 360 g/mol. The maximum atomic E-state index is 7.01. The maximum absolute atomic E-state index is 7.01. The third-order valence-electron chi connectivity index (χ3n) is 4.92. The fourth-order valence-corrected chi connectivity index (χ4v) is 7.59. The highest BCUT2D eigenvalue weighted by Crippen LogP contribution is 2.20. The molecule has 0 heterocycles. The Kier molecular flexibility index (Phi) is 6.84. The lowest BCUT2D eigenvalue weighted by Crippen LogP contribution is -2.70. The van der Waals surface area contributed by atoms with Crippen molar-refractivity contribution in [3.63, 3.8) is 0 Å². The largest absolute Gasteiger partial charge is 0.404 e. The third-order valence-corrected chi connectivity index (χ3v) is 8.93. The molecule has 0 fully saturated rings. The topological polar surface area (TPSA) is 18.5 Å². The van der Waals surface area contributed by atoms with E-state index >= 15 is 0 Å². The summed E-state index contributed by atoms with van der Waals surface area (Å²) in [5.41, 5.74) is -0.0629. The van der Waals surface area contributed by atoms with Crippen LogP contribution in [0.2, 0.25) is 0 Å². The van der Waals surface area contributed by atoms with Crippen LogP contribution in [0, 0.1) is 5.41 Å². The van der Waals surface area contributed by atoms with Crippen molar-refractivity contribution in [2.75, 3.05) is 19.8 Å². The number of hydrogen-bond acceptors (Lipinski definition) is 2. The van der Waals surface area contributed by atoms with Crippen molar-refractivity contribution in [1.82, 2.24) is 0 Å².